The fourth-order valence-electron chi connectivity index (χ4n) is 2.45. The highest BCUT2D eigenvalue weighted by Gasteiger charge is 2.43. The first-order valence-corrected chi connectivity index (χ1v) is 7.50. The Labute approximate surface area is 125 Å². The lowest BCUT2D eigenvalue weighted by Gasteiger charge is -2.09. The molecule has 0 saturated heterocycles. The molecule has 1 fully saturated rings. The molecule has 0 spiro atoms. The molecular weight excluding hydrogens is 266 g/mol. The van der Waals surface area contributed by atoms with Crippen molar-refractivity contribution >= 4 is 11.9 Å². The molecule has 21 heavy (non-hydrogen) atoms. The molecule has 3 unspecified atom stereocenters. The summed E-state index contributed by atoms with van der Waals surface area (Å²) in [6.45, 7) is 6.11. The fraction of sp³-hybridized carbons (Fsp3) is 0.529. The zero-order valence-corrected chi connectivity index (χ0v) is 12.8. The monoisotopic (exact) mass is 289 g/mol. The van der Waals surface area contributed by atoms with Crippen molar-refractivity contribution in [1.29, 1.82) is 0 Å². The Morgan fingerprint density at radius 3 is 2.38 bits per heavy atom. The molecule has 1 aromatic rings. The molecule has 3 atom stereocenters. The number of aliphatic carboxylic acids is 1. The first kappa shape index (κ1) is 15.5. The predicted octanol–water partition coefficient (Wildman–Crippen LogP) is 2.75. The van der Waals surface area contributed by atoms with Crippen molar-refractivity contribution in [2.45, 2.75) is 39.0 Å². The van der Waals surface area contributed by atoms with Gasteiger partial charge in [0, 0.05) is 12.5 Å². The second-order valence-electron chi connectivity index (χ2n) is 6.25. The smallest absolute Gasteiger partial charge is 0.308 e. The Kier molecular flexibility index (Phi) is 4.66. The summed E-state index contributed by atoms with van der Waals surface area (Å²) in [5, 5.41) is 11.5. The molecule has 1 aromatic carbocycles. The van der Waals surface area contributed by atoms with Crippen LogP contribution in [-0.4, -0.2) is 23.5 Å². The summed E-state index contributed by atoms with van der Waals surface area (Å²) < 4.78 is 0. The maximum atomic E-state index is 12.0. The van der Waals surface area contributed by atoms with Crippen LogP contribution in [-0.2, 0) is 9.59 Å². The van der Waals surface area contributed by atoms with Gasteiger partial charge in [-0.15, -0.1) is 0 Å². The minimum Gasteiger partial charge on any atom is -0.481 e. The standard InChI is InChI=1S/C17H23NO3/c1-10(2)12-4-6-13(7-5-12)14-8-15(14)16(19)18-9-11(3)17(20)21/h4-7,10-11,14-15H,8-9H2,1-3H3,(H,18,19)(H,20,21). The lowest BCUT2D eigenvalue weighted by atomic mass is 10.00. The number of nitrogens with one attached hydrogen (secondary N) is 1. The van der Waals surface area contributed by atoms with Gasteiger partial charge in [-0.3, -0.25) is 9.59 Å². The van der Waals surface area contributed by atoms with Gasteiger partial charge in [0.1, 0.15) is 0 Å². The normalized spacial score (nSPS) is 21.9. The summed E-state index contributed by atoms with van der Waals surface area (Å²) >= 11 is 0. The van der Waals surface area contributed by atoms with Gasteiger partial charge >= 0.3 is 5.97 Å². The number of hydrogen-bond donors (Lipinski definition) is 2. The average molecular weight is 289 g/mol. The molecule has 1 aliphatic rings. The molecule has 4 heteroatoms. The Hall–Kier alpha value is -1.84. The van der Waals surface area contributed by atoms with Crippen LogP contribution in [0, 0.1) is 11.8 Å². The van der Waals surface area contributed by atoms with E-state index in [0.717, 1.165) is 6.42 Å². The van der Waals surface area contributed by atoms with Gasteiger partial charge in [0.25, 0.3) is 0 Å². The van der Waals surface area contributed by atoms with Crippen molar-refractivity contribution in [2.75, 3.05) is 6.54 Å². The average Bonchev–Trinajstić information content (AvgIpc) is 3.24. The topological polar surface area (TPSA) is 66.4 Å². The molecule has 0 aliphatic heterocycles. The van der Waals surface area contributed by atoms with Crippen molar-refractivity contribution in [3.05, 3.63) is 35.4 Å². The first-order valence-electron chi connectivity index (χ1n) is 7.50. The third-order valence-electron chi connectivity index (χ3n) is 4.16. The maximum Gasteiger partial charge on any atom is 0.308 e. The Bertz CT molecular complexity index is 521. The molecule has 114 valence electrons. The van der Waals surface area contributed by atoms with Gasteiger partial charge in [-0.1, -0.05) is 45.0 Å². The zero-order chi connectivity index (χ0) is 15.6. The number of hydrogen-bond acceptors (Lipinski definition) is 2. The highest BCUT2D eigenvalue weighted by atomic mass is 16.4. The summed E-state index contributed by atoms with van der Waals surface area (Å²) in [7, 11) is 0. The number of benzene rings is 1. The van der Waals surface area contributed by atoms with Gasteiger partial charge in [-0.2, -0.15) is 0 Å². The van der Waals surface area contributed by atoms with Crippen LogP contribution in [0.15, 0.2) is 24.3 Å². The van der Waals surface area contributed by atoms with Crippen molar-refractivity contribution in [1.82, 2.24) is 5.32 Å². The molecule has 1 amide bonds. The molecule has 4 nitrogen and oxygen atoms in total. The lowest BCUT2D eigenvalue weighted by molar-refractivity contribution is -0.141. The highest BCUT2D eigenvalue weighted by Crippen LogP contribution is 2.47. The third-order valence-corrected chi connectivity index (χ3v) is 4.16. The SMILES string of the molecule is CC(CNC(=O)C1CC1c1ccc(C(C)C)cc1)C(=O)O. The van der Waals surface area contributed by atoms with E-state index >= 15 is 0 Å². The van der Waals surface area contributed by atoms with E-state index in [1.807, 2.05) is 0 Å². The summed E-state index contributed by atoms with van der Waals surface area (Å²) in [4.78, 5) is 22.7. The van der Waals surface area contributed by atoms with Gasteiger partial charge in [0.05, 0.1) is 5.92 Å². The van der Waals surface area contributed by atoms with Crippen molar-refractivity contribution in [2.24, 2.45) is 11.8 Å². The molecule has 1 aliphatic carbocycles. The van der Waals surface area contributed by atoms with Gasteiger partial charge in [-0.25, -0.2) is 0 Å². The van der Waals surface area contributed by atoms with Gasteiger partial charge in [0.15, 0.2) is 0 Å². The number of rotatable bonds is 6. The quantitative estimate of drug-likeness (QED) is 0.846. The molecule has 0 bridgehead atoms. The van der Waals surface area contributed by atoms with E-state index in [-0.39, 0.29) is 24.3 Å². The predicted molar refractivity (Wildman–Crippen MR) is 81.2 cm³/mol. The van der Waals surface area contributed by atoms with Crippen LogP contribution in [0.2, 0.25) is 0 Å². The van der Waals surface area contributed by atoms with Gasteiger partial charge in [0.2, 0.25) is 5.91 Å². The van der Waals surface area contributed by atoms with E-state index < -0.39 is 11.9 Å². The van der Waals surface area contributed by atoms with E-state index in [1.165, 1.54) is 11.1 Å². The molecule has 2 rings (SSSR count). The summed E-state index contributed by atoms with van der Waals surface area (Å²) in [5.74, 6) is -0.665. The Balaban J connectivity index is 1.86. The zero-order valence-electron chi connectivity index (χ0n) is 12.8. The highest BCUT2D eigenvalue weighted by molar-refractivity contribution is 5.83. The van der Waals surface area contributed by atoms with Gasteiger partial charge in [-0.05, 0) is 29.4 Å². The maximum absolute atomic E-state index is 12.0. The van der Waals surface area contributed by atoms with Crippen LogP contribution in [0.4, 0.5) is 0 Å². The number of carboxylic acid groups (broad SMARTS) is 1. The number of carbonyl (C=O) groups excluding carboxylic acids is 1. The van der Waals surface area contributed by atoms with Crippen LogP contribution in [0.3, 0.4) is 0 Å². The Morgan fingerprint density at radius 2 is 1.86 bits per heavy atom. The van der Waals surface area contributed by atoms with E-state index in [0.29, 0.717) is 5.92 Å². The lowest BCUT2D eigenvalue weighted by Crippen LogP contribution is -2.32. The summed E-state index contributed by atoms with van der Waals surface area (Å²) in [6, 6.07) is 8.46. The third kappa shape index (κ3) is 3.84. The van der Waals surface area contributed by atoms with Crippen LogP contribution >= 0.6 is 0 Å². The van der Waals surface area contributed by atoms with E-state index in [2.05, 4.69) is 43.4 Å². The second kappa shape index (κ2) is 6.29. The van der Waals surface area contributed by atoms with Crippen LogP contribution < -0.4 is 5.32 Å². The molecule has 0 aromatic heterocycles. The van der Waals surface area contributed by atoms with Crippen LogP contribution in [0.5, 0.6) is 0 Å². The number of carboxylic acids is 1. The van der Waals surface area contributed by atoms with E-state index in [4.69, 9.17) is 5.11 Å². The largest absolute Gasteiger partial charge is 0.481 e. The van der Waals surface area contributed by atoms with E-state index in [9.17, 15) is 9.59 Å². The van der Waals surface area contributed by atoms with Crippen molar-refractivity contribution in [3.63, 3.8) is 0 Å². The summed E-state index contributed by atoms with van der Waals surface area (Å²) in [6.07, 6.45) is 0.855. The minimum atomic E-state index is -0.882. The number of carbonyl (C=O) groups is 2. The fourth-order valence-corrected chi connectivity index (χ4v) is 2.45. The van der Waals surface area contributed by atoms with Gasteiger partial charge < -0.3 is 10.4 Å². The van der Waals surface area contributed by atoms with Crippen LogP contribution in [0.25, 0.3) is 0 Å². The molecule has 0 heterocycles. The summed E-state index contributed by atoms with van der Waals surface area (Å²) in [5.41, 5.74) is 2.50. The molecular formula is C17H23NO3. The molecule has 0 radical (unpaired) electrons. The second-order valence-corrected chi connectivity index (χ2v) is 6.25. The van der Waals surface area contributed by atoms with Crippen molar-refractivity contribution < 1.29 is 14.7 Å². The Morgan fingerprint density at radius 1 is 1.24 bits per heavy atom. The molecule has 2 N–H and O–H groups in total. The molecule has 1 saturated carbocycles. The first-order chi connectivity index (χ1) is 9.90. The number of amides is 1. The van der Waals surface area contributed by atoms with E-state index in [1.54, 1.807) is 6.92 Å². The van der Waals surface area contributed by atoms with Crippen molar-refractivity contribution in [3.8, 4) is 0 Å². The minimum absolute atomic E-state index is 0.00380. The van der Waals surface area contributed by atoms with Crippen LogP contribution in [0.1, 0.15) is 50.2 Å².